The Morgan fingerprint density at radius 2 is 2.00 bits per heavy atom. The number of rotatable bonds is 8. The van der Waals surface area contributed by atoms with Crippen LogP contribution in [0.25, 0.3) is 0 Å². The van der Waals surface area contributed by atoms with Crippen LogP contribution in [0.15, 0.2) is 26.7 Å². The summed E-state index contributed by atoms with van der Waals surface area (Å²) >= 11 is 0. The zero-order valence-corrected chi connectivity index (χ0v) is 21.2. The van der Waals surface area contributed by atoms with Crippen LogP contribution in [0.5, 0.6) is 0 Å². The Kier molecular flexibility index (Phi) is 7.63. The summed E-state index contributed by atoms with van der Waals surface area (Å²) in [4.78, 5) is 24.6. The highest BCUT2D eigenvalue weighted by molar-refractivity contribution is 6.14. The molecular weight excluding hydrogens is 479 g/mol. The second kappa shape index (κ2) is 10.4. The molecule has 4 aliphatic rings. The lowest BCUT2D eigenvalue weighted by atomic mass is 9.78. The molecule has 12 heteroatoms. The maximum absolute atomic E-state index is 13.6. The molecule has 1 saturated heterocycles. The normalized spacial score (nSPS) is 32.5. The molecule has 0 N–H and O–H groups in total. The Labute approximate surface area is 209 Å². The molecule has 6 atom stereocenters. The summed E-state index contributed by atoms with van der Waals surface area (Å²) in [5.74, 6) is 0.401. The van der Waals surface area contributed by atoms with Crippen LogP contribution in [0.1, 0.15) is 40.5 Å². The number of alkyl halides is 3. The van der Waals surface area contributed by atoms with Crippen molar-refractivity contribution in [3.8, 4) is 0 Å². The number of fused-ring (bicyclic) bond motifs is 1. The minimum Gasteiger partial charge on any atom is -0.495 e. The number of methoxy groups -OCH3 is 1. The zero-order chi connectivity index (χ0) is 26.2. The van der Waals surface area contributed by atoms with Gasteiger partial charge >= 0.3 is 6.18 Å². The molecule has 0 spiro atoms. The lowest BCUT2D eigenvalue weighted by Crippen LogP contribution is -2.49. The molecule has 0 bridgehead atoms. The van der Waals surface area contributed by atoms with Crippen molar-refractivity contribution in [2.45, 2.75) is 71.1 Å². The van der Waals surface area contributed by atoms with Crippen LogP contribution in [0.2, 0.25) is 0 Å². The van der Waals surface area contributed by atoms with Gasteiger partial charge in [-0.3, -0.25) is 14.8 Å². The highest BCUT2D eigenvalue weighted by Gasteiger charge is 2.54. The summed E-state index contributed by atoms with van der Waals surface area (Å²) in [6, 6.07) is -0.774. The Bertz CT molecular complexity index is 964. The summed E-state index contributed by atoms with van der Waals surface area (Å²) < 4.78 is 55.9. The van der Waals surface area contributed by atoms with E-state index in [0.717, 1.165) is 5.01 Å². The fourth-order valence-corrected chi connectivity index (χ4v) is 5.34. The van der Waals surface area contributed by atoms with E-state index in [0.29, 0.717) is 36.8 Å². The smallest absolute Gasteiger partial charge is 0.407 e. The van der Waals surface area contributed by atoms with Gasteiger partial charge in [-0.15, -0.1) is 0 Å². The van der Waals surface area contributed by atoms with Crippen molar-refractivity contribution in [1.29, 1.82) is 0 Å². The van der Waals surface area contributed by atoms with Crippen molar-refractivity contribution in [3.05, 3.63) is 11.6 Å². The van der Waals surface area contributed by atoms with Crippen molar-refractivity contribution in [3.63, 3.8) is 0 Å². The highest BCUT2D eigenvalue weighted by atomic mass is 19.4. The molecule has 0 saturated carbocycles. The first-order valence-corrected chi connectivity index (χ1v) is 12.4. The third kappa shape index (κ3) is 5.37. The molecule has 4 rings (SSSR count). The first-order valence-electron chi connectivity index (χ1n) is 12.4. The van der Waals surface area contributed by atoms with E-state index in [2.05, 4.69) is 10.1 Å². The number of likely N-dealkylation sites (tertiary alicyclic amines) is 1. The topological polar surface area (TPSA) is 88.3 Å². The van der Waals surface area contributed by atoms with Crippen molar-refractivity contribution < 1.29 is 32.2 Å². The van der Waals surface area contributed by atoms with Crippen LogP contribution in [-0.2, 0) is 19.0 Å². The number of amides is 1. The van der Waals surface area contributed by atoms with Crippen molar-refractivity contribution in [2.24, 2.45) is 32.8 Å². The molecular formula is C24H34F3N5O4. The van der Waals surface area contributed by atoms with Gasteiger partial charge in [-0.2, -0.15) is 18.3 Å². The molecule has 0 aromatic carbocycles. The van der Waals surface area contributed by atoms with E-state index in [1.54, 1.807) is 7.11 Å². The third-order valence-corrected chi connectivity index (χ3v) is 6.83. The second-order valence-corrected chi connectivity index (χ2v) is 9.90. The van der Waals surface area contributed by atoms with Gasteiger partial charge in [0.05, 0.1) is 50.1 Å². The first-order chi connectivity index (χ1) is 17.0. The summed E-state index contributed by atoms with van der Waals surface area (Å²) in [5, 5.41) is 4.85. The number of ether oxygens (including phenoxy) is 3. The van der Waals surface area contributed by atoms with Crippen LogP contribution in [0, 0.1) is 17.8 Å². The van der Waals surface area contributed by atoms with Crippen molar-refractivity contribution in [2.75, 3.05) is 26.8 Å². The number of carbonyl (C=O) groups excluding carboxylic acids is 1. The lowest BCUT2D eigenvalue weighted by Gasteiger charge is -2.34. The predicted molar refractivity (Wildman–Crippen MR) is 128 cm³/mol. The highest BCUT2D eigenvalue weighted by Crippen LogP contribution is 2.41. The summed E-state index contributed by atoms with van der Waals surface area (Å²) in [7, 11) is 1.59. The van der Waals surface area contributed by atoms with E-state index in [4.69, 9.17) is 19.2 Å². The van der Waals surface area contributed by atoms with Gasteiger partial charge in [-0.25, -0.2) is 4.99 Å². The molecule has 9 nitrogen and oxygen atoms in total. The molecule has 1 amide bonds. The van der Waals surface area contributed by atoms with Crippen molar-refractivity contribution >= 4 is 24.0 Å². The fraction of sp³-hybridized carbons (Fsp3) is 0.750. The second-order valence-electron chi connectivity index (χ2n) is 9.90. The number of carbonyl (C=O) groups is 1. The van der Waals surface area contributed by atoms with Gasteiger partial charge in [0.2, 0.25) is 5.91 Å². The lowest BCUT2D eigenvalue weighted by molar-refractivity contribution is -0.148. The number of nitrogens with zero attached hydrogens (tertiary/aromatic N) is 5. The van der Waals surface area contributed by atoms with E-state index in [1.165, 1.54) is 11.1 Å². The largest absolute Gasteiger partial charge is 0.495 e. The Morgan fingerprint density at radius 3 is 2.64 bits per heavy atom. The molecule has 0 aromatic heterocycles. The van der Waals surface area contributed by atoms with Gasteiger partial charge in [0.1, 0.15) is 6.54 Å². The monoisotopic (exact) mass is 513 g/mol. The average molecular weight is 514 g/mol. The molecule has 0 radical (unpaired) electrons. The number of allylic oxidation sites excluding steroid dienone is 1. The maximum Gasteiger partial charge on any atom is 0.407 e. The minimum atomic E-state index is -4.38. The average Bonchev–Trinajstić information content (AvgIpc) is 3.34. The number of hydrogen-bond donors (Lipinski definition) is 0. The molecule has 1 fully saturated rings. The quantitative estimate of drug-likeness (QED) is 0.497. The molecule has 0 aliphatic carbocycles. The van der Waals surface area contributed by atoms with Crippen LogP contribution in [0.3, 0.4) is 0 Å². The van der Waals surface area contributed by atoms with Crippen LogP contribution in [-0.4, -0.2) is 91.4 Å². The number of hydrogen-bond acceptors (Lipinski definition) is 8. The Balaban J connectivity index is 1.59. The van der Waals surface area contributed by atoms with E-state index < -0.39 is 30.9 Å². The molecule has 4 aliphatic heterocycles. The van der Waals surface area contributed by atoms with E-state index in [9.17, 15) is 18.0 Å². The third-order valence-electron chi connectivity index (χ3n) is 6.83. The van der Waals surface area contributed by atoms with Crippen LogP contribution in [0.4, 0.5) is 13.2 Å². The summed E-state index contributed by atoms with van der Waals surface area (Å²) in [6.07, 6.45) is -0.887. The SMILES string of the molecule is CCOC1=C(OC)CC(C2CC(C)C3C(=O)N(C4C=NN(CC(F)(F)F)C4)C(OC(C)C)C3=N2)C=N1. The number of hydrazone groups is 1. The molecule has 36 heavy (non-hydrogen) atoms. The minimum absolute atomic E-state index is 0.0282. The predicted octanol–water partition coefficient (Wildman–Crippen LogP) is 3.22. The van der Waals surface area contributed by atoms with Gasteiger partial charge in [0.25, 0.3) is 5.88 Å². The first kappa shape index (κ1) is 26.4. The van der Waals surface area contributed by atoms with E-state index in [1.807, 2.05) is 33.9 Å². The van der Waals surface area contributed by atoms with Gasteiger partial charge in [-0.1, -0.05) is 6.92 Å². The van der Waals surface area contributed by atoms with Crippen LogP contribution < -0.4 is 0 Å². The molecule has 6 unspecified atom stereocenters. The number of halogens is 3. The van der Waals surface area contributed by atoms with Gasteiger partial charge in [0, 0.05) is 24.8 Å². The standard InChI is InChI=1S/C24H34F3N5O4/c1-6-35-21-18(34-5)8-15(9-28-21)17-7-14(4)19-20(30-17)23(36-13(2)3)32(22(19)33)16-10-29-31(11-16)12-24(25,26)27/h9-10,13-17,19,23H,6-8,11-12H2,1-5H3. The number of aliphatic imine (C=N–C) groups is 2. The van der Waals surface area contributed by atoms with E-state index in [-0.39, 0.29) is 36.4 Å². The molecule has 200 valence electrons. The zero-order valence-electron chi connectivity index (χ0n) is 21.2. The Morgan fingerprint density at radius 1 is 1.25 bits per heavy atom. The molecule has 0 aromatic rings. The van der Waals surface area contributed by atoms with Gasteiger partial charge < -0.3 is 19.1 Å². The Hall–Kier alpha value is -2.63. The molecule has 4 heterocycles. The van der Waals surface area contributed by atoms with Gasteiger partial charge in [-0.05, 0) is 33.1 Å². The summed E-state index contributed by atoms with van der Waals surface area (Å²) in [5.41, 5.74) is 0.632. The summed E-state index contributed by atoms with van der Waals surface area (Å²) in [6.45, 7) is 6.88. The maximum atomic E-state index is 13.6. The van der Waals surface area contributed by atoms with Gasteiger partial charge in [0.15, 0.2) is 12.0 Å². The van der Waals surface area contributed by atoms with Crippen molar-refractivity contribution in [1.82, 2.24) is 9.91 Å². The van der Waals surface area contributed by atoms with Crippen LogP contribution >= 0.6 is 0 Å². The van der Waals surface area contributed by atoms with E-state index >= 15 is 0 Å². The fourth-order valence-electron chi connectivity index (χ4n) is 5.34.